The molecule has 0 aromatic heterocycles. The largest absolute Gasteiger partial charge is 0.345 e. The van der Waals surface area contributed by atoms with E-state index in [4.69, 9.17) is 11.6 Å². The lowest BCUT2D eigenvalue weighted by molar-refractivity contribution is 0.0941. The molecule has 2 N–H and O–H groups in total. The van der Waals surface area contributed by atoms with Crippen LogP contribution in [0, 0.1) is 0 Å². The number of anilines is 1. The van der Waals surface area contributed by atoms with Crippen LogP contribution in [0.4, 0.5) is 5.69 Å². The highest BCUT2D eigenvalue weighted by Crippen LogP contribution is 2.19. The van der Waals surface area contributed by atoms with Crippen LogP contribution in [0.3, 0.4) is 0 Å². The molecule has 0 aliphatic rings. The molecule has 1 unspecified atom stereocenters. The molecule has 136 valence electrons. The number of hydrogen-bond acceptors (Lipinski definition) is 2. The zero-order valence-electron chi connectivity index (χ0n) is 14.8. The van der Waals surface area contributed by atoms with Crippen LogP contribution in [0.25, 0.3) is 0 Å². The molecule has 0 saturated carbocycles. The Labute approximate surface area is 163 Å². The summed E-state index contributed by atoms with van der Waals surface area (Å²) in [5.41, 5.74) is 2.33. The maximum absolute atomic E-state index is 12.7. The van der Waals surface area contributed by atoms with Gasteiger partial charge in [-0.15, -0.1) is 0 Å². The van der Waals surface area contributed by atoms with Gasteiger partial charge >= 0.3 is 0 Å². The molecule has 0 spiro atoms. The lowest BCUT2D eigenvalue weighted by atomic mass is 10.1. The summed E-state index contributed by atoms with van der Waals surface area (Å²) in [5.74, 6) is -0.554. The summed E-state index contributed by atoms with van der Waals surface area (Å²) in [5, 5.41) is 6.32. The molecule has 3 aromatic rings. The number of hydrogen-bond donors (Lipinski definition) is 2. The molecule has 0 aliphatic heterocycles. The maximum Gasteiger partial charge on any atom is 0.255 e. The summed E-state index contributed by atoms with van der Waals surface area (Å²) < 4.78 is 0. The number of carbonyl (C=O) groups is 2. The Morgan fingerprint density at radius 2 is 1.44 bits per heavy atom. The van der Waals surface area contributed by atoms with Gasteiger partial charge in [-0.2, -0.15) is 0 Å². The minimum atomic E-state index is -0.303. The van der Waals surface area contributed by atoms with Gasteiger partial charge in [-0.3, -0.25) is 9.59 Å². The van der Waals surface area contributed by atoms with Gasteiger partial charge in [0.05, 0.1) is 17.3 Å². The van der Waals surface area contributed by atoms with E-state index >= 15 is 0 Å². The van der Waals surface area contributed by atoms with Crippen molar-refractivity contribution in [1.29, 1.82) is 0 Å². The molecule has 3 rings (SSSR count). The van der Waals surface area contributed by atoms with Crippen LogP contribution in [0.5, 0.6) is 0 Å². The monoisotopic (exact) mass is 378 g/mol. The van der Waals surface area contributed by atoms with E-state index in [1.165, 1.54) is 0 Å². The molecular weight excluding hydrogens is 360 g/mol. The van der Waals surface area contributed by atoms with Crippen LogP contribution < -0.4 is 10.6 Å². The van der Waals surface area contributed by atoms with Crippen molar-refractivity contribution in [2.75, 3.05) is 5.32 Å². The highest BCUT2D eigenvalue weighted by Gasteiger charge is 2.16. The van der Waals surface area contributed by atoms with Crippen LogP contribution in [0.2, 0.25) is 5.02 Å². The summed E-state index contributed by atoms with van der Waals surface area (Å²) in [7, 11) is 0. The second-order valence-corrected chi connectivity index (χ2v) is 6.55. The van der Waals surface area contributed by atoms with E-state index in [0.29, 0.717) is 21.8 Å². The minimum absolute atomic E-state index is 0.154. The quantitative estimate of drug-likeness (QED) is 0.650. The van der Waals surface area contributed by atoms with Crippen LogP contribution >= 0.6 is 11.6 Å². The van der Waals surface area contributed by atoms with Crippen LogP contribution in [-0.4, -0.2) is 11.8 Å². The van der Waals surface area contributed by atoms with Gasteiger partial charge < -0.3 is 10.6 Å². The van der Waals surface area contributed by atoms with E-state index in [2.05, 4.69) is 10.6 Å². The van der Waals surface area contributed by atoms with E-state index < -0.39 is 0 Å². The van der Waals surface area contributed by atoms with Crippen molar-refractivity contribution < 1.29 is 9.59 Å². The van der Waals surface area contributed by atoms with Crippen LogP contribution in [-0.2, 0) is 0 Å². The topological polar surface area (TPSA) is 58.2 Å². The van der Waals surface area contributed by atoms with Crippen molar-refractivity contribution in [2.45, 2.75) is 13.0 Å². The van der Waals surface area contributed by atoms with Crippen LogP contribution in [0.1, 0.15) is 39.2 Å². The first-order valence-corrected chi connectivity index (χ1v) is 8.94. The van der Waals surface area contributed by atoms with Crippen molar-refractivity contribution >= 4 is 29.1 Å². The summed E-state index contributed by atoms with van der Waals surface area (Å²) in [6, 6.07) is 23.0. The van der Waals surface area contributed by atoms with Crippen molar-refractivity contribution in [1.82, 2.24) is 5.32 Å². The highest BCUT2D eigenvalue weighted by atomic mass is 35.5. The Kier molecular flexibility index (Phi) is 5.89. The molecule has 0 fully saturated rings. The zero-order chi connectivity index (χ0) is 19.2. The van der Waals surface area contributed by atoms with Gasteiger partial charge in [0.25, 0.3) is 11.8 Å². The highest BCUT2D eigenvalue weighted by molar-refractivity contribution is 6.30. The second kappa shape index (κ2) is 8.52. The van der Waals surface area contributed by atoms with E-state index in [1.54, 1.807) is 48.5 Å². The Bertz CT molecular complexity index is 940. The summed E-state index contributed by atoms with van der Waals surface area (Å²) in [6.07, 6.45) is 0. The average Bonchev–Trinajstić information content (AvgIpc) is 2.69. The van der Waals surface area contributed by atoms with Gasteiger partial charge in [0.1, 0.15) is 0 Å². The van der Waals surface area contributed by atoms with E-state index in [-0.39, 0.29) is 17.9 Å². The zero-order valence-corrected chi connectivity index (χ0v) is 15.5. The third-order valence-corrected chi connectivity index (χ3v) is 4.43. The molecule has 0 radical (unpaired) electrons. The molecule has 5 heteroatoms. The molecule has 3 aromatic carbocycles. The Morgan fingerprint density at radius 3 is 2.15 bits per heavy atom. The molecule has 0 aliphatic carbocycles. The minimum Gasteiger partial charge on any atom is -0.345 e. The SMILES string of the molecule is CC(NC(=O)c1ccccc1NC(=O)c1ccc(Cl)cc1)c1ccccc1. The van der Waals surface area contributed by atoms with E-state index in [0.717, 1.165) is 5.56 Å². The molecule has 0 bridgehead atoms. The van der Waals surface area contributed by atoms with E-state index in [1.807, 2.05) is 37.3 Å². The van der Waals surface area contributed by atoms with Crippen molar-refractivity contribution in [2.24, 2.45) is 0 Å². The number of para-hydroxylation sites is 1. The van der Waals surface area contributed by atoms with Gasteiger partial charge in [-0.25, -0.2) is 0 Å². The first kappa shape index (κ1) is 18.7. The van der Waals surface area contributed by atoms with Gasteiger partial charge in [0, 0.05) is 10.6 Å². The van der Waals surface area contributed by atoms with Crippen molar-refractivity contribution in [3.8, 4) is 0 Å². The predicted molar refractivity (Wildman–Crippen MR) is 108 cm³/mol. The standard InChI is InChI=1S/C22H19ClN2O2/c1-15(16-7-3-2-4-8-16)24-22(27)19-9-5-6-10-20(19)25-21(26)17-11-13-18(23)14-12-17/h2-15H,1H3,(H,24,27)(H,25,26). The molecule has 1 atom stereocenters. The number of rotatable bonds is 5. The van der Waals surface area contributed by atoms with Gasteiger partial charge in [-0.1, -0.05) is 54.1 Å². The smallest absolute Gasteiger partial charge is 0.255 e. The van der Waals surface area contributed by atoms with Crippen LogP contribution in [0.15, 0.2) is 78.9 Å². The fourth-order valence-electron chi connectivity index (χ4n) is 2.69. The van der Waals surface area contributed by atoms with Crippen molar-refractivity contribution in [3.63, 3.8) is 0 Å². The average molecular weight is 379 g/mol. The lowest BCUT2D eigenvalue weighted by Gasteiger charge is -2.16. The summed E-state index contributed by atoms with van der Waals surface area (Å²) in [6.45, 7) is 1.92. The molecule has 0 saturated heterocycles. The molecule has 4 nitrogen and oxygen atoms in total. The van der Waals surface area contributed by atoms with E-state index in [9.17, 15) is 9.59 Å². The van der Waals surface area contributed by atoms with Crippen molar-refractivity contribution in [3.05, 3.63) is 101 Å². The van der Waals surface area contributed by atoms with Gasteiger partial charge in [0.15, 0.2) is 0 Å². The molecular formula is C22H19ClN2O2. The summed E-state index contributed by atoms with van der Waals surface area (Å²) >= 11 is 5.86. The Morgan fingerprint density at radius 1 is 0.815 bits per heavy atom. The normalized spacial score (nSPS) is 11.5. The second-order valence-electron chi connectivity index (χ2n) is 6.11. The fraction of sp³-hybridized carbons (Fsp3) is 0.0909. The molecule has 2 amide bonds. The number of nitrogens with one attached hydrogen (secondary N) is 2. The number of carbonyl (C=O) groups excluding carboxylic acids is 2. The first-order valence-electron chi connectivity index (χ1n) is 8.56. The third kappa shape index (κ3) is 4.74. The molecule has 0 heterocycles. The van der Waals surface area contributed by atoms with Gasteiger partial charge in [0.2, 0.25) is 0 Å². The number of amides is 2. The molecule has 27 heavy (non-hydrogen) atoms. The predicted octanol–water partition coefficient (Wildman–Crippen LogP) is 5.08. The summed E-state index contributed by atoms with van der Waals surface area (Å²) in [4.78, 5) is 25.2. The Balaban J connectivity index is 1.76. The third-order valence-electron chi connectivity index (χ3n) is 4.17. The fourth-order valence-corrected chi connectivity index (χ4v) is 2.81. The Hall–Kier alpha value is -3.11. The maximum atomic E-state index is 12.7. The van der Waals surface area contributed by atoms with Gasteiger partial charge in [-0.05, 0) is 48.9 Å². The number of halogens is 1. The first-order chi connectivity index (χ1) is 13.0. The number of benzene rings is 3. The lowest BCUT2D eigenvalue weighted by Crippen LogP contribution is -2.28.